The molecule has 0 saturated heterocycles. The quantitative estimate of drug-likeness (QED) is 0.893. The van der Waals surface area contributed by atoms with Crippen molar-refractivity contribution in [2.75, 3.05) is 0 Å². The van der Waals surface area contributed by atoms with E-state index < -0.39 is 11.9 Å². The lowest BCUT2D eigenvalue weighted by Crippen LogP contribution is -2.10. The SMILES string of the molecule is CCC(C(=O)O)c1oc(Br)cc1C. The number of hydrogen-bond donors (Lipinski definition) is 1. The van der Waals surface area contributed by atoms with Crippen LogP contribution in [0.5, 0.6) is 0 Å². The molecule has 0 spiro atoms. The molecule has 0 saturated carbocycles. The first kappa shape index (κ1) is 10.3. The second-order valence-electron chi connectivity index (χ2n) is 2.90. The summed E-state index contributed by atoms with van der Waals surface area (Å²) < 4.78 is 5.85. The van der Waals surface area contributed by atoms with E-state index in [1.807, 2.05) is 13.8 Å². The van der Waals surface area contributed by atoms with Crippen molar-refractivity contribution < 1.29 is 14.3 Å². The Balaban J connectivity index is 3.04. The fraction of sp³-hybridized carbons (Fsp3) is 0.444. The lowest BCUT2D eigenvalue weighted by atomic mass is 10.0. The van der Waals surface area contributed by atoms with E-state index in [9.17, 15) is 4.79 Å². The van der Waals surface area contributed by atoms with Crippen LogP contribution < -0.4 is 0 Å². The zero-order chi connectivity index (χ0) is 10.0. The maximum absolute atomic E-state index is 10.8. The molecule has 1 aromatic rings. The lowest BCUT2D eigenvalue weighted by molar-refractivity contribution is -0.139. The van der Waals surface area contributed by atoms with Gasteiger partial charge in [0.25, 0.3) is 0 Å². The highest BCUT2D eigenvalue weighted by molar-refractivity contribution is 9.10. The van der Waals surface area contributed by atoms with Crippen LogP contribution in [0.1, 0.15) is 30.6 Å². The molecule has 0 amide bonds. The number of carbonyl (C=O) groups is 1. The topological polar surface area (TPSA) is 50.4 Å². The van der Waals surface area contributed by atoms with E-state index in [0.29, 0.717) is 16.9 Å². The molecule has 0 aliphatic carbocycles. The lowest BCUT2D eigenvalue weighted by Gasteiger charge is -2.06. The van der Waals surface area contributed by atoms with Gasteiger partial charge in [-0.15, -0.1) is 0 Å². The van der Waals surface area contributed by atoms with Crippen molar-refractivity contribution in [1.29, 1.82) is 0 Å². The van der Waals surface area contributed by atoms with Crippen molar-refractivity contribution in [3.63, 3.8) is 0 Å². The molecule has 13 heavy (non-hydrogen) atoms. The molecule has 3 nitrogen and oxygen atoms in total. The van der Waals surface area contributed by atoms with Crippen LogP contribution in [0.4, 0.5) is 0 Å². The summed E-state index contributed by atoms with van der Waals surface area (Å²) in [6.07, 6.45) is 0.538. The summed E-state index contributed by atoms with van der Waals surface area (Å²) in [5, 5.41) is 8.89. The maximum Gasteiger partial charge on any atom is 0.314 e. The number of halogens is 1. The molecular formula is C9H11BrO3. The van der Waals surface area contributed by atoms with Gasteiger partial charge in [-0.05, 0) is 40.9 Å². The Labute approximate surface area is 84.9 Å². The molecule has 0 fully saturated rings. The van der Waals surface area contributed by atoms with Crippen LogP contribution in [0.3, 0.4) is 0 Å². The summed E-state index contributed by atoms with van der Waals surface area (Å²) in [5.41, 5.74) is 0.876. The van der Waals surface area contributed by atoms with E-state index in [1.165, 1.54) is 0 Å². The third-order valence-electron chi connectivity index (χ3n) is 1.95. The van der Waals surface area contributed by atoms with Gasteiger partial charge in [0.1, 0.15) is 11.7 Å². The molecule has 4 heteroatoms. The van der Waals surface area contributed by atoms with Crippen LogP contribution >= 0.6 is 15.9 Å². The monoisotopic (exact) mass is 246 g/mol. The largest absolute Gasteiger partial charge is 0.481 e. The first-order chi connectivity index (χ1) is 6.06. The minimum absolute atomic E-state index is 0.536. The Kier molecular flexibility index (Phi) is 3.14. The molecule has 0 aliphatic heterocycles. The Bertz CT molecular complexity index is 317. The van der Waals surface area contributed by atoms with Crippen molar-refractivity contribution in [2.24, 2.45) is 0 Å². The molecule has 0 radical (unpaired) electrons. The normalized spacial score (nSPS) is 12.8. The number of carboxylic acids is 1. The van der Waals surface area contributed by atoms with E-state index in [1.54, 1.807) is 6.07 Å². The molecule has 1 unspecified atom stereocenters. The van der Waals surface area contributed by atoms with E-state index in [4.69, 9.17) is 9.52 Å². The predicted molar refractivity (Wildman–Crippen MR) is 51.8 cm³/mol. The second-order valence-corrected chi connectivity index (χ2v) is 3.68. The fourth-order valence-electron chi connectivity index (χ4n) is 1.27. The van der Waals surface area contributed by atoms with Crippen molar-refractivity contribution in [3.05, 3.63) is 22.1 Å². The first-order valence-corrected chi connectivity index (χ1v) is 4.84. The van der Waals surface area contributed by atoms with Crippen LogP contribution in [-0.2, 0) is 4.79 Å². The maximum atomic E-state index is 10.8. The molecule has 0 aromatic carbocycles. The van der Waals surface area contributed by atoms with Gasteiger partial charge in [-0.3, -0.25) is 4.79 Å². The third-order valence-corrected chi connectivity index (χ3v) is 2.34. The minimum atomic E-state index is -0.840. The van der Waals surface area contributed by atoms with Crippen molar-refractivity contribution in [1.82, 2.24) is 0 Å². The van der Waals surface area contributed by atoms with Gasteiger partial charge in [0.2, 0.25) is 0 Å². The molecule has 1 aromatic heterocycles. The summed E-state index contributed by atoms with van der Waals surface area (Å²) in [6.45, 7) is 3.67. The van der Waals surface area contributed by atoms with E-state index in [0.717, 1.165) is 5.56 Å². The summed E-state index contributed by atoms with van der Waals surface area (Å²) in [4.78, 5) is 10.8. The number of hydrogen-bond acceptors (Lipinski definition) is 2. The predicted octanol–water partition coefficient (Wildman–Crippen LogP) is 2.93. The first-order valence-electron chi connectivity index (χ1n) is 4.05. The smallest absolute Gasteiger partial charge is 0.314 e. The zero-order valence-electron chi connectivity index (χ0n) is 7.50. The van der Waals surface area contributed by atoms with Gasteiger partial charge in [0, 0.05) is 0 Å². The Morgan fingerprint density at radius 3 is 2.69 bits per heavy atom. The van der Waals surface area contributed by atoms with Gasteiger partial charge < -0.3 is 9.52 Å². The third kappa shape index (κ3) is 2.12. The van der Waals surface area contributed by atoms with Gasteiger partial charge in [-0.2, -0.15) is 0 Å². The van der Waals surface area contributed by atoms with Crippen LogP contribution in [0, 0.1) is 6.92 Å². The Hall–Kier alpha value is -0.770. The van der Waals surface area contributed by atoms with Gasteiger partial charge in [-0.1, -0.05) is 6.92 Å². The van der Waals surface area contributed by atoms with Crippen LogP contribution in [0.2, 0.25) is 0 Å². The van der Waals surface area contributed by atoms with Gasteiger partial charge in [0.05, 0.1) is 0 Å². The minimum Gasteiger partial charge on any atom is -0.481 e. The molecule has 0 aliphatic rings. The average Bonchev–Trinajstić information content (AvgIpc) is 2.31. The zero-order valence-corrected chi connectivity index (χ0v) is 9.09. The highest BCUT2D eigenvalue weighted by Gasteiger charge is 2.23. The van der Waals surface area contributed by atoms with Gasteiger partial charge >= 0.3 is 5.97 Å². The number of carboxylic acid groups (broad SMARTS) is 1. The summed E-state index contributed by atoms with van der Waals surface area (Å²) in [5.74, 6) is -0.833. The van der Waals surface area contributed by atoms with E-state index in [2.05, 4.69) is 15.9 Å². The standard InChI is InChI=1S/C9H11BrO3/c1-3-6(9(11)12)8-5(2)4-7(10)13-8/h4,6H,3H2,1-2H3,(H,11,12). The van der Waals surface area contributed by atoms with Gasteiger partial charge in [0.15, 0.2) is 4.67 Å². The molecule has 0 bridgehead atoms. The second kappa shape index (κ2) is 3.96. The van der Waals surface area contributed by atoms with Crippen LogP contribution in [-0.4, -0.2) is 11.1 Å². The molecule has 72 valence electrons. The van der Waals surface area contributed by atoms with Crippen molar-refractivity contribution in [3.8, 4) is 0 Å². The van der Waals surface area contributed by atoms with E-state index >= 15 is 0 Å². The fourth-order valence-corrected chi connectivity index (χ4v) is 1.79. The van der Waals surface area contributed by atoms with E-state index in [-0.39, 0.29) is 0 Å². The highest BCUT2D eigenvalue weighted by atomic mass is 79.9. The number of aryl methyl sites for hydroxylation is 1. The molecule has 1 heterocycles. The Morgan fingerprint density at radius 1 is 1.77 bits per heavy atom. The molecule has 1 rings (SSSR count). The summed E-state index contributed by atoms with van der Waals surface area (Å²) in [7, 11) is 0. The molecule has 1 N–H and O–H groups in total. The number of furan rings is 1. The summed E-state index contributed by atoms with van der Waals surface area (Å²) in [6, 6.07) is 1.78. The number of aliphatic carboxylic acids is 1. The van der Waals surface area contributed by atoms with Gasteiger partial charge in [-0.25, -0.2) is 0 Å². The molecular weight excluding hydrogens is 236 g/mol. The molecule has 1 atom stereocenters. The Morgan fingerprint density at radius 2 is 2.38 bits per heavy atom. The van der Waals surface area contributed by atoms with Crippen molar-refractivity contribution >= 4 is 21.9 Å². The number of rotatable bonds is 3. The average molecular weight is 247 g/mol. The van der Waals surface area contributed by atoms with Crippen LogP contribution in [0.25, 0.3) is 0 Å². The summed E-state index contributed by atoms with van der Waals surface area (Å²) >= 11 is 3.17. The highest BCUT2D eigenvalue weighted by Crippen LogP contribution is 2.28. The van der Waals surface area contributed by atoms with Crippen LogP contribution in [0.15, 0.2) is 15.2 Å². The van der Waals surface area contributed by atoms with Crippen molar-refractivity contribution in [2.45, 2.75) is 26.2 Å².